The molecule has 5 nitrogen and oxygen atoms in total. The second-order valence-electron chi connectivity index (χ2n) is 5.78. The molecule has 2 rings (SSSR count). The van der Waals surface area contributed by atoms with E-state index in [1.807, 2.05) is 26.0 Å². The van der Waals surface area contributed by atoms with Crippen LogP contribution in [0.3, 0.4) is 0 Å². The number of methoxy groups -OCH3 is 1. The Bertz CT molecular complexity index is 572. The van der Waals surface area contributed by atoms with Gasteiger partial charge in [0.1, 0.15) is 4.90 Å². The summed E-state index contributed by atoms with van der Waals surface area (Å²) in [7, 11) is -1.77. The highest BCUT2D eigenvalue weighted by Crippen LogP contribution is 2.28. The van der Waals surface area contributed by atoms with Gasteiger partial charge in [-0.05, 0) is 45.2 Å². The van der Waals surface area contributed by atoms with Crippen LogP contribution >= 0.6 is 0 Å². The Morgan fingerprint density at radius 3 is 2.57 bits per heavy atom. The van der Waals surface area contributed by atoms with Crippen LogP contribution in [0, 0.1) is 0 Å². The van der Waals surface area contributed by atoms with Crippen LogP contribution in [0.1, 0.15) is 33.1 Å². The molecule has 0 aromatic heterocycles. The van der Waals surface area contributed by atoms with Crippen molar-refractivity contribution >= 4 is 15.7 Å². The van der Waals surface area contributed by atoms with Crippen LogP contribution in [0.15, 0.2) is 29.2 Å². The first kappa shape index (κ1) is 16.3. The second kappa shape index (κ2) is 6.77. The zero-order chi connectivity index (χ0) is 15.5. The third-order valence-electron chi connectivity index (χ3n) is 3.64. The van der Waals surface area contributed by atoms with Crippen LogP contribution < -0.4 is 10.0 Å². The van der Waals surface area contributed by atoms with Crippen molar-refractivity contribution in [3.63, 3.8) is 0 Å². The standard InChI is InChI=1S/C15H24N2O3S/c1-11(2)17-21(18,19)15-7-5-4-6-14(15)16-12-8-9-13(10-12)20-3/h4-7,11-13,16-17H,8-10H2,1-3H3. The minimum absolute atomic E-state index is 0.132. The van der Waals surface area contributed by atoms with Gasteiger partial charge in [0, 0.05) is 19.2 Å². The van der Waals surface area contributed by atoms with Crippen molar-refractivity contribution in [1.82, 2.24) is 4.72 Å². The van der Waals surface area contributed by atoms with Crippen LogP contribution in [-0.4, -0.2) is 33.7 Å². The number of sulfonamides is 1. The first-order chi connectivity index (χ1) is 9.92. The van der Waals surface area contributed by atoms with Crippen LogP contribution in [0.2, 0.25) is 0 Å². The fourth-order valence-electron chi connectivity index (χ4n) is 2.70. The molecule has 1 aromatic carbocycles. The molecule has 0 spiro atoms. The molecule has 1 fully saturated rings. The molecule has 118 valence electrons. The summed E-state index contributed by atoms with van der Waals surface area (Å²) >= 11 is 0. The molecule has 6 heteroatoms. The monoisotopic (exact) mass is 312 g/mol. The smallest absolute Gasteiger partial charge is 0.242 e. The largest absolute Gasteiger partial charge is 0.381 e. The third kappa shape index (κ3) is 4.18. The molecule has 0 radical (unpaired) electrons. The first-order valence-corrected chi connectivity index (χ1v) is 8.81. The lowest BCUT2D eigenvalue weighted by molar-refractivity contribution is 0.108. The van der Waals surface area contributed by atoms with Gasteiger partial charge in [-0.2, -0.15) is 0 Å². The molecule has 0 saturated heterocycles. The number of benzene rings is 1. The maximum absolute atomic E-state index is 12.4. The Morgan fingerprint density at radius 2 is 1.95 bits per heavy atom. The lowest BCUT2D eigenvalue weighted by Gasteiger charge is -2.18. The quantitative estimate of drug-likeness (QED) is 0.846. The summed E-state index contributed by atoms with van der Waals surface area (Å²) in [6.45, 7) is 3.63. The fraction of sp³-hybridized carbons (Fsp3) is 0.600. The zero-order valence-electron chi connectivity index (χ0n) is 12.8. The van der Waals surface area contributed by atoms with Gasteiger partial charge in [-0.1, -0.05) is 12.1 Å². The molecule has 21 heavy (non-hydrogen) atoms. The lowest BCUT2D eigenvalue weighted by Crippen LogP contribution is -2.31. The fourth-order valence-corrected chi connectivity index (χ4v) is 4.12. The van der Waals surface area contributed by atoms with Gasteiger partial charge in [0.25, 0.3) is 0 Å². The van der Waals surface area contributed by atoms with Gasteiger partial charge in [0.15, 0.2) is 0 Å². The van der Waals surface area contributed by atoms with E-state index in [4.69, 9.17) is 4.74 Å². The summed E-state index contributed by atoms with van der Waals surface area (Å²) in [5.41, 5.74) is 0.660. The van der Waals surface area contributed by atoms with Gasteiger partial charge < -0.3 is 10.1 Å². The van der Waals surface area contributed by atoms with Gasteiger partial charge >= 0.3 is 0 Å². The Kier molecular flexibility index (Phi) is 5.24. The number of hydrogen-bond acceptors (Lipinski definition) is 4. The number of ether oxygens (including phenoxy) is 1. The van der Waals surface area contributed by atoms with E-state index < -0.39 is 10.0 Å². The number of para-hydroxylation sites is 1. The molecule has 1 aromatic rings. The summed E-state index contributed by atoms with van der Waals surface area (Å²) in [6.07, 6.45) is 3.17. The maximum Gasteiger partial charge on any atom is 0.242 e. The van der Waals surface area contributed by atoms with Crippen LogP contribution in [0.4, 0.5) is 5.69 Å². The van der Waals surface area contributed by atoms with Gasteiger partial charge in [-0.15, -0.1) is 0 Å². The van der Waals surface area contributed by atoms with E-state index in [9.17, 15) is 8.42 Å². The Labute approximate surface area is 127 Å². The van der Waals surface area contributed by atoms with E-state index in [0.29, 0.717) is 10.6 Å². The molecule has 1 saturated carbocycles. The third-order valence-corrected chi connectivity index (χ3v) is 5.36. The van der Waals surface area contributed by atoms with Crippen LogP contribution in [0.25, 0.3) is 0 Å². The van der Waals surface area contributed by atoms with E-state index >= 15 is 0 Å². The molecule has 1 aliphatic rings. The molecule has 0 heterocycles. The van der Waals surface area contributed by atoms with Crippen molar-refractivity contribution in [1.29, 1.82) is 0 Å². The summed E-state index contributed by atoms with van der Waals surface area (Å²) in [6, 6.07) is 7.16. The van der Waals surface area contributed by atoms with Crippen molar-refractivity contribution in [3.8, 4) is 0 Å². The van der Waals surface area contributed by atoms with Crippen molar-refractivity contribution in [2.75, 3.05) is 12.4 Å². The van der Waals surface area contributed by atoms with Crippen molar-refractivity contribution in [2.24, 2.45) is 0 Å². The van der Waals surface area contributed by atoms with Gasteiger partial charge in [-0.25, -0.2) is 13.1 Å². The molecule has 0 bridgehead atoms. The van der Waals surface area contributed by atoms with Crippen molar-refractivity contribution < 1.29 is 13.2 Å². The number of nitrogens with one attached hydrogen (secondary N) is 2. The van der Waals surface area contributed by atoms with E-state index in [0.717, 1.165) is 19.3 Å². The topological polar surface area (TPSA) is 67.4 Å². The predicted molar refractivity (Wildman–Crippen MR) is 84.0 cm³/mol. The molecule has 2 unspecified atom stereocenters. The normalized spacial score (nSPS) is 22.7. The highest BCUT2D eigenvalue weighted by molar-refractivity contribution is 7.89. The Balaban J connectivity index is 2.18. The van der Waals surface area contributed by atoms with E-state index in [2.05, 4.69) is 10.0 Å². The van der Waals surface area contributed by atoms with Crippen molar-refractivity contribution in [3.05, 3.63) is 24.3 Å². The zero-order valence-corrected chi connectivity index (χ0v) is 13.6. The van der Waals surface area contributed by atoms with Crippen molar-refractivity contribution in [2.45, 2.75) is 56.2 Å². The molecule has 0 aliphatic heterocycles. The number of rotatable bonds is 6. The van der Waals surface area contributed by atoms with Crippen LogP contribution in [-0.2, 0) is 14.8 Å². The van der Waals surface area contributed by atoms with E-state index in [1.165, 1.54) is 0 Å². The minimum Gasteiger partial charge on any atom is -0.381 e. The highest BCUT2D eigenvalue weighted by Gasteiger charge is 2.26. The molecule has 1 aliphatic carbocycles. The Hall–Kier alpha value is -1.11. The average Bonchev–Trinajstić information content (AvgIpc) is 2.85. The minimum atomic E-state index is -3.49. The lowest BCUT2D eigenvalue weighted by atomic mass is 10.2. The average molecular weight is 312 g/mol. The maximum atomic E-state index is 12.4. The summed E-state index contributed by atoms with van der Waals surface area (Å²) in [5.74, 6) is 0. The summed E-state index contributed by atoms with van der Waals surface area (Å²) in [5, 5.41) is 3.35. The Morgan fingerprint density at radius 1 is 1.24 bits per heavy atom. The summed E-state index contributed by atoms with van der Waals surface area (Å²) < 4.78 is 32.8. The summed E-state index contributed by atoms with van der Waals surface area (Å²) in [4.78, 5) is 0.305. The van der Waals surface area contributed by atoms with Gasteiger partial charge in [-0.3, -0.25) is 0 Å². The van der Waals surface area contributed by atoms with Gasteiger partial charge in [0.2, 0.25) is 10.0 Å². The molecular formula is C15H24N2O3S. The molecule has 0 amide bonds. The molecule has 2 atom stereocenters. The van der Waals surface area contributed by atoms with Crippen LogP contribution in [0.5, 0.6) is 0 Å². The van der Waals surface area contributed by atoms with Gasteiger partial charge in [0.05, 0.1) is 11.8 Å². The van der Waals surface area contributed by atoms with E-state index in [-0.39, 0.29) is 18.2 Å². The number of anilines is 1. The molecular weight excluding hydrogens is 288 g/mol. The SMILES string of the molecule is COC1CCC(Nc2ccccc2S(=O)(=O)NC(C)C)C1. The number of hydrogen-bond donors (Lipinski definition) is 2. The predicted octanol–water partition coefficient (Wildman–Crippen LogP) is 2.35. The first-order valence-electron chi connectivity index (χ1n) is 7.33. The van der Waals surface area contributed by atoms with E-state index in [1.54, 1.807) is 19.2 Å². The second-order valence-corrected chi connectivity index (χ2v) is 7.47. The molecule has 2 N–H and O–H groups in total. The highest BCUT2D eigenvalue weighted by atomic mass is 32.2.